The average molecular weight is 579 g/mol. The summed E-state index contributed by atoms with van der Waals surface area (Å²) in [5.74, 6) is -1.04. The standard InChI is InChI=1S/C30H26O12/c31-17-6-1-15(2-7-17)3-10-25(35)39-14-24-26(36)27(37)28(38)30(42-24)40-19-8-4-16(5-9-19)23-13-21(33)20-11-18(32)12-22(34)29(20)41-23/h1-13,24,26-28,30-32,34,36-38H,14H2. The zero-order valence-electron chi connectivity index (χ0n) is 21.7. The molecule has 0 radical (unpaired) electrons. The summed E-state index contributed by atoms with van der Waals surface area (Å²) in [7, 11) is 0. The lowest BCUT2D eigenvalue weighted by molar-refractivity contribution is -0.278. The molecule has 6 N–H and O–H groups in total. The molecule has 0 saturated carbocycles. The number of hydrogen-bond acceptors (Lipinski definition) is 12. The fourth-order valence-electron chi connectivity index (χ4n) is 4.31. The number of phenols is 3. The second-order valence-corrected chi connectivity index (χ2v) is 9.53. The summed E-state index contributed by atoms with van der Waals surface area (Å²) in [6.07, 6.45) is -4.94. The van der Waals surface area contributed by atoms with Gasteiger partial charge in [0.15, 0.2) is 16.8 Å². The van der Waals surface area contributed by atoms with Gasteiger partial charge in [0.25, 0.3) is 0 Å². The van der Waals surface area contributed by atoms with Crippen LogP contribution in [0.3, 0.4) is 0 Å². The van der Waals surface area contributed by atoms with Crippen molar-refractivity contribution in [3.8, 4) is 34.3 Å². The predicted molar refractivity (Wildman–Crippen MR) is 147 cm³/mol. The second-order valence-electron chi connectivity index (χ2n) is 9.53. The molecule has 5 rings (SSSR count). The highest BCUT2D eigenvalue weighted by Gasteiger charge is 2.45. The largest absolute Gasteiger partial charge is 0.508 e. The molecule has 12 nitrogen and oxygen atoms in total. The summed E-state index contributed by atoms with van der Waals surface area (Å²) < 4.78 is 22.1. The van der Waals surface area contributed by atoms with Crippen molar-refractivity contribution >= 4 is 23.0 Å². The van der Waals surface area contributed by atoms with Crippen LogP contribution in [0.1, 0.15) is 5.56 Å². The summed E-state index contributed by atoms with van der Waals surface area (Å²) in [5, 5.41) is 60.1. The Morgan fingerprint density at radius 2 is 1.57 bits per heavy atom. The normalized spacial score (nSPS) is 22.3. The van der Waals surface area contributed by atoms with Crippen LogP contribution in [0, 0.1) is 0 Å². The summed E-state index contributed by atoms with van der Waals surface area (Å²) in [6, 6.07) is 15.6. The molecule has 2 heterocycles. The molecule has 1 aliphatic rings. The maximum Gasteiger partial charge on any atom is 0.330 e. The molecule has 0 amide bonds. The van der Waals surface area contributed by atoms with Gasteiger partial charge in [-0.3, -0.25) is 4.79 Å². The van der Waals surface area contributed by atoms with Gasteiger partial charge in [-0.15, -0.1) is 0 Å². The van der Waals surface area contributed by atoms with E-state index in [4.69, 9.17) is 18.6 Å². The van der Waals surface area contributed by atoms with Crippen LogP contribution in [0.5, 0.6) is 23.0 Å². The van der Waals surface area contributed by atoms with Crippen LogP contribution in [-0.4, -0.2) is 73.9 Å². The molecule has 12 heteroatoms. The molecular formula is C30H26O12. The van der Waals surface area contributed by atoms with Crippen LogP contribution >= 0.6 is 0 Å². The molecule has 218 valence electrons. The number of hydrogen-bond donors (Lipinski definition) is 6. The van der Waals surface area contributed by atoms with Gasteiger partial charge in [-0.05, 0) is 54.1 Å². The van der Waals surface area contributed by atoms with Crippen molar-refractivity contribution in [1.82, 2.24) is 0 Å². The molecule has 5 atom stereocenters. The maximum absolute atomic E-state index is 12.5. The highest BCUT2D eigenvalue weighted by Crippen LogP contribution is 2.32. The molecule has 0 bridgehead atoms. The van der Waals surface area contributed by atoms with Crippen molar-refractivity contribution in [1.29, 1.82) is 0 Å². The molecule has 1 saturated heterocycles. The zero-order chi connectivity index (χ0) is 30.0. The third-order valence-electron chi connectivity index (χ3n) is 6.55. The number of carbonyl (C=O) groups is 1. The van der Waals surface area contributed by atoms with Crippen LogP contribution in [0.4, 0.5) is 0 Å². The van der Waals surface area contributed by atoms with Gasteiger partial charge >= 0.3 is 5.97 Å². The summed E-state index contributed by atoms with van der Waals surface area (Å²) >= 11 is 0. The molecule has 0 aliphatic carbocycles. The Morgan fingerprint density at radius 3 is 2.29 bits per heavy atom. The Hall–Kier alpha value is -4.88. The Kier molecular flexibility index (Phi) is 8.13. The van der Waals surface area contributed by atoms with E-state index in [1.807, 2.05) is 0 Å². The number of benzene rings is 3. The predicted octanol–water partition coefficient (Wildman–Crippen LogP) is 2.02. The third kappa shape index (κ3) is 6.21. The highest BCUT2D eigenvalue weighted by atomic mass is 16.7. The lowest BCUT2D eigenvalue weighted by Crippen LogP contribution is -2.60. The summed E-state index contributed by atoms with van der Waals surface area (Å²) in [6.45, 7) is -0.450. The molecule has 4 aromatic rings. The second kappa shape index (κ2) is 11.9. The quantitative estimate of drug-likeness (QED) is 0.138. The van der Waals surface area contributed by atoms with Crippen LogP contribution in [0.25, 0.3) is 28.4 Å². The average Bonchev–Trinajstić information content (AvgIpc) is 2.97. The number of esters is 1. The van der Waals surface area contributed by atoms with Crippen molar-refractivity contribution in [2.45, 2.75) is 30.7 Å². The van der Waals surface area contributed by atoms with Gasteiger partial charge in [0.1, 0.15) is 54.0 Å². The van der Waals surface area contributed by atoms with E-state index < -0.39 is 54.5 Å². The Labute approximate surface area is 237 Å². The molecule has 1 fully saturated rings. The number of rotatable bonds is 7. The lowest BCUT2D eigenvalue weighted by Gasteiger charge is -2.39. The Morgan fingerprint density at radius 1 is 0.857 bits per heavy atom. The first-order valence-electron chi connectivity index (χ1n) is 12.7. The molecule has 0 spiro atoms. The van der Waals surface area contributed by atoms with E-state index in [1.54, 1.807) is 12.1 Å². The van der Waals surface area contributed by atoms with Gasteiger partial charge in [-0.1, -0.05) is 12.1 Å². The zero-order valence-corrected chi connectivity index (χ0v) is 21.7. The maximum atomic E-state index is 12.5. The van der Waals surface area contributed by atoms with Gasteiger partial charge < -0.3 is 49.3 Å². The smallest absolute Gasteiger partial charge is 0.330 e. The Balaban J connectivity index is 1.24. The van der Waals surface area contributed by atoms with Crippen molar-refractivity contribution in [2.75, 3.05) is 6.61 Å². The molecule has 1 aliphatic heterocycles. The van der Waals surface area contributed by atoms with Crippen LogP contribution in [0.2, 0.25) is 0 Å². The van der Waals surface area contributed by atoms with Gasteiger partial charge in [0.2, 0.25) is 6.29 Å². The first-order valence-corrected chi connectivity index (χ1v) is 12.7. The van der Waals surface area contributed by atoms with Gasteiger partial charge in [-0.25, -0.2) is 4.79 Å². The number of aliphatic hydroxyl groups excluding tert-OH is 3. The summed E-state index contributed by atoms with van der Waals surface area (Å²) in [5.41, 5.74) is 0.508. The highest BCUT2D eigenvalue weighted by molar-refractivity contribution is 5.87. The van der Waals surface area contributed by atoms with Gasteiger partial charge in [0, 0.05) is 23.8 Å². The monoisotopic (exact) mass is 578 g/mol. The van der Waals surface area contributed by atoms with Crippen LogP contribution in [0.15, 0.2) is 82.0 Å². The van der Waals surface area contributed by atoms with E-state index in [-0.39, 0.29) is 34.0 Å². The van der Waals surface area contributed by atoms with Crippen LogP contribution in [-0.2, 0) is 14.3 Å². The first kappa shape index (κ1) is 28.6. The van der Waals surface area contributed by atoms with E-state index in [0.717, 1.165) is 12.1 Å². The number of aliphatic hydroxyl groups is 3. The molecule has 5 unspecified atom stereocenters. The molecule has 3 aromatic carbocycles. The van der Waals surface area contributed by atoms with E-state index in [2.05, 4.69) is 0 Å². The number of fused-ring (bicyclic) bond motifs is 1. The number of carbonyl (C=O) groups excluding carboxylic acids is 1. The van der Waals surface area contributed by atoms with Gasteiger partial charge in [0.05, 0.1) is 5.39 Å². The Bertz CT molecular complexity index is 1660. The number of aromatic hydroxyl groups is 3. The molecule has 42 heavy (non-hydrogen) atoms. The third-order valence-corrected chi connectivity index (χ3v) is 6.55. The number of ether oxygens (including phenoxy) is 3. The minimum Gasteiger partial charge on any atom is -0.508 e. The van der Waals surface area contributed by atoms with Gasteiger partial charge in [-0.2, -0.15) is 0 Å². The van der Waals surface area contributed by atoms with Crippen molar-refractivity contribution in [3.63, 3.8) is 0 Å². The molecule has 1 aromatic heterocycles. The first-order chi connectivity index (χ1) is 20.1. The van der Waals surface area contributed by atoms with E-state index in [1.165, 1.54) is 54.6 Å². The van der Waals surface area contributed by atoms with E-state index in [0.29, 0.717) is 11.1 Å². The molecular weight excluding hydrogens is 552 g/mol. The fraction of sp³-hybridized carbons (Fsp3) is 0.200. The SMILES string of the molecule is O=C(C=Cc1ccc(O)cc1)OCC1OC(Oc2ccc(-c3cc(=O)c4cc(O)cc(O)c4o3)cc2)C(O)C(O)C1O. The van der Waals surface area contributed by atoms with Crippen molar-refractivity contribution < 1.29 is 54.1 Å². The minimum atomic E-state index is -1.67. The lowest BCUT2D eigenvalue weighted by atomic mass is 9.99. The van der Waals surface area contributed by atoms with Crippen LogP contribution < -0.4 is 10.2 Å². The number of phenolic OH excluding ortho intramolecular Hbond substituents is 3. The van der Waals surface area contributed by atoms with Crippen molar-refractivity contribution in [3.05, 3.63) is 88.6 Å². The van der Waals surface area contributed by atoms with E-state index in [9.17, 15) is 40.2 Å². The van der Waals surface area contributed by atoms with E-state index >= 15 is 0 Å². The fourth-order valence-corrected chi connectivity index (χ4v) is 4.31. The minimum absolute atomic E-state index is 0.00832. The summed E-state index contributed by atoms with van der Waals surface area (Å²) in [4.78, 5) is 24.6. The topological polar surface area (TPSA) is 196 Å². The van der Waals surface area contributed by atoms with Crippen molar-refractivity contribution in [2.24, 2.45) is 0 Å².